The fourth-order valence-electron chi connectivity index (χ4n) is 2.30. The Kier molecular flexibility index (Phi) is 6.49. The van der Waals surface area contributed by atoms with Crippen molar-refractivity contribution in [1.82, 2.24) is 10.3 Å². The van der Waals surface area contributed by atoms with E-state index in [1.54, 1.807) is 12.3 Å². The van der Waals surface area contributed by atoms with Crippen LogP contribution in [0.4, 0.5) is 5.82 Å². The van der Waals surface area contributed by atoms with E-state index in [9.17, 15) is 4.79 Å². The first-order chi connectivity index (χ1) is 9.62. The quantitative estimate of drug-likeness (QED) is 0.763. The standard InChI is InChI=1S/C16H27N3O/c1-5-11-17-14-13(10-9-12-18-14)15(20)19-16(6-2,7-3)8-4/h9-10,12H,5-8,11H2,1-4H3,(H,17,18)(H,19,20). The average Bonchev–Trinajstić information content (AvgIpc) is 2.51. The number of hydrogen-bond acceptors (Lipinski definition) is 3. The van der Waals surface area contributed by atoms with E-state index < -0.39 is 0 Å². The van der Waals surface area contributed by atoms with Crippen LogP contribution in [0.2, 0.25) is 0 Å². The molecule has 0 saturated carbocycles. The summed E-state index contributed by atoms with van der Waals surface area (Å²) in [6.07, 6.45) is 5.51. The first-order valence-electron chi connectivity index (χ1n) is 7.63. The maximum absolute atomic E-state index is 12.5. The van der Waals surface area contributed by atoms with Crippen molar-refractivity contribution in [2.45, 2.75) is 58.9 Å². The largest absolute Gasteiger partial charge is 0.369 e. The molecule has 20 heavy (non-hydrogen) atoms. The van der Waals surface area contributed by atoms with E-state index >= 15 is 0 Å². The fourth-order valence-corrected chi connectivity index (χ4v) is 2.30. The number of rotatable bonds is 8. The Morgan fingerprint density at radius 1 is 1.20 bits per heavy atom. The Morgan fingerprint density at radius 3 is 2.40 bits per heavy atom. The van der Waals surface area contributed by atoms with E-state index in [4.69, 9.17) is 0 Å². The monoisotopic (exact) mass is 277 g/mol. The Hall–Kier alpha value is -1.58. The highest BCUT2D eigenvalue weighted by Crippen LogP contribution is 2.21. The van der Waals surface area contributed by atoms with Gasteiger partial charge in [0.15, 0.2) is 0 Å². The molecule has 1 rings (SSSR count). The fraction of sp³-hybridized carbons (Fsp3) is 0.625. The smallest absolute Gasteiger partial charge is 0.255 e. The average molecular weight is 277 g/mol. The van der Waals surface area contributed by atoms with Crippen LogP contribution in [0, 0.1) is 0 Å². The van der Waals surface area contributed by atoms with Gasteiger partial charge in [-0.2, -0.15) is 0 Å². The molecule has 0 aromatic carbocycles. The molecule has 4 nitrogen and oxygen atoms in total. The lowest BCUT2D eigenvalue weighted by Gasteiger charge is -2.32. The molecular weight excluding hydrogens is 250 g/mol. The predicted molar refractivity (Wildman–Crippen MR) is 84.1 cm³/mol. The Morgan fingerprint density at radius 2 is 1.85 bits per heavy atom. The van der Waals surface area contributed by atoms with E-state index in [2.05, 4.69) is 43.3 Å². The van der Waals surface area contributed by atoms with Crippen LogP contribution in [0.1, 0.15) is 63.7 Å². The Balaban J connectivity index is 2.91. The van der Waals surface area contributed by atoms with Gasteiger partial charge >= 0.3 is 0 Å². The summed E-state index contributed by atoms with van der Waals surface area (Å²) < 4.78 is 0. The highest BCUT2D eigenvalue weighted by molar-refractivity contribution is 5.99. The SMILES string of the molecule is CCCNc1ncccc1C(=O)NC(CC)(CC)CC. The molecule has 0 aliphatic rings. The number of carbonyl (C=O) groups excluding carboxylic acids is 1. The second-order valence-corrected chi connectivity index (χ2v) is 5.12. The van der Waals surface area contributed by atoms with Crippen LogP contribution in [0.5, 0.6) is 0 Å². The molecule has 0 radical (unpaired) electrons. The normalized spacial score (nSPS) is 11.2. The van der Waals surface area contributed by atoms with Crippen LogP contribution in [0.3, 0.4) is 0 Å². The third-order valence-electron chi connectivity index (χ3n) is 4.00. The molecule has 1 heterocycles. The van der Waals surface area contributed by atoms with Crippen LogP contribution in [-0.4, -0.2) is 23.0 Å². The van der Waals surface area contributed by atoms with Gasteiger partial charge in [-0.3, -0.25) is 4.79 Å². The summed E-state index contributed by atoms with van der Waals surface area (Å²) in [5.41, 5.74) is 0.510. The van der Waals surface area contributed by atoms with Crippen LogP contribution in [0.15, 0.2) is 18.3 Å². The van der Waals surface area contributed by atoms with Gasteiger partial charge in [0.2, 0.25) is 0 Å². The highest BCUT2D eigenvalue weighted by Gasteiger charge is 2.27. The van der Waals surface area contributed by atoms with Crippen LogP contribution < -0.4 is 10.6 Å². The van der Waals surface area contributed by atoms with Crippen LogP contribution >= 0.6 is 0 Å². The van der Waals surface area contributed by atoms with E-state index in [1.807, 2.05) is 6.07 Å². The lowest BCUT2D eigenvalue weighted by molar-refractivity contribution is 0.0888. The van der Waals surface area contributed by atoms with Crippen molar-refractivity contribution in [2.75, 3.05) is 11.9 Å². The van der Waals surface area contributed by atoms with Gasteiger partial charge in [0.25, 0.3) is 5.91 Å². The van der Waals surface area contributed by atoms with Crippen molar-refractivity contribution in [2.24, 2.45) is 0 Å². The second kappa shape index (κ2) is 7.88. The molecule has 0 unspecified atom stereocenters. The Labute approximate surface area is 122 Å². The molecule has 2 N–H and O–H groups in total. The van der Waals surface area contributed by atoms with Gasteiger partial charge in [-0.25, -0.2) is 4.98 Å². The molecule has 1 aromatic rings. The summed E-state index contributed by atoms with van der Waals surface area (Å²) in [5, 5.41) is 6.41. The third-order valence-corrected chi connectivity index (χ3v) is 4.00. The summed E-state index contributed by atoms with van der Waals surface area (Å²) in [5.74, 6) is 0.631. The first kappa shape index (κ1) is 16.5. The number of nitrogens with one attached hydrogen (secondary N) is 2. The van der Waals surface area contributed by atoms with Crippen LogP contribution in [0.25, 0.3) is 0 Å². The topological polar surface area (TPSA) is 54.0 Å². The predicted octanol–water partition coefficient (Wildman–Crippen LogP) is 3.60. The van der Waals surface area contributed by atoms with Gasteiger partial charge in [0.1, 0.15) is 5.82 Å². The minimum absolute atomic E-state index is 0.0396. The second-order valence-electron chi connectivity index (χ2n) is 5.12. The molecule has 0 atom stereocenters. The van der Waals surface area contributed by atoms with Crippen molar-refractivity contribution in [3.8, 4) is 0 Å². The van der Waals surface area contributed by atoms with Gasteiger partial charge in [-0.15, -0.1) is 0 Å². The zero-order chi connectivity index (χ0) is 15.0. The first-order valence-corrected chi connectivity index (χ1v) is 7.63. The zero-order valence-electron chi connectivity index (χ0n) is 13.1. The number of aromatic nitrogens is 1. The number of pyridine rings is 1. The van der Waals surface area contributed by atoms with Gasteiger partial charge < -0.3 is 10.6 Å². The molecule has 0 bridgehead atoms. The maximum Gasteiger partial charge on any atom is 0.255 e. The summed E-state index contributed by atoms with van der Waals surface area (Å²) in [6, 6.07) is 3.63. The van der Waals surface area contributed by atoms with E-state index in [1.165, 1.54) is 0 Å². The number of nitrogens with zero attached hydrogens (tertiary/aromatic N) is 1. The number of hydrogen-bond donors (Lipinski definition) is 2. The molecule has 0 fully saturated rings. The Bertz CT molecular complexity index is 419. The van der Waals surface area contributed by atoms with E-state index in [-0.39, 0.29) is 11.4 Å². The lowest BCUT2D eigenvalue weighted by Crippen LogP contribution is -2.47. The van der Waals surface area contributed by atoms with Gasteiger partial charge in [-0.1, -0.05) is 27.7 Å². The van der Waals surface area contributed by atoms with Crippen LogP contribution in [-0.2, 0) is 0 Å². The molecule has 4 heteroatoms. The molecule has 0 saturated heterocycles. The van der Waals surface area contributed by atoms with Gasteiger partial charge in [0.05, 0.1) is 5.56 Å². The van der Waals surface area contributed by atoms with Gasteiger partial charge in [-0.05, 0) is 37.8 Å². The van der Waals surface area contributed by atoms with E-state index in [0.717, 1.165) is 32.2 Å². The molecule has 0 spiro atoms. The minimum atomic E-state index is -0.116. The molecule has 1 amide bonds. The van der Waals surface area contributed by atoms with E-state index in [0.29, 0.717) is 11.4 Å². The molecular formula is C16H27N3O. The number of carbonyl (C=O) groups is 1. The van der Waals surface area contributed by atoms with Crippen molar-refractivity contribution < 1.29 is 4.79 Å². The molecule has 1 aromatic heterocycles. The number of amides is 1. The summed E-state index contributed by atoms with van der Waals surface area (Å²) >= 11 is 0. The van der Waals surface area contributed by atoms with Gasteiger partial charge in [0, 0.05) is 18.3 Å². The lowest BCUT2D eigenvalue weighted by atomic mass is 9.89. The molecule has 112 valence electrons. The number of anilines is 1. The minimum Gasteiger partial charge on any atom is -0.369 e. The van der Waals surface area contributed by atoms with Crippen molar-refractivity contribution >= 4 is 11.7 Å². The molecule has 0 aliphatic carbocycles. The summed E-state index contributed by atoms with van der Waals surface area (Å²) in [6.45, 7) is 9.26. The third kappa shape index (κ3) is 3.95. The van der Waals surface area contributed by atoms with Crippen molar-refractivity contribution in [3.63, 3.8) is 0 Å². The maximum atomic E-state index is 12.5. The zero-order valence-corrected chi connectivity index (χ0v) is 13.1. The van der Waals surface area contributed by atoms with Crippen molar-refractivity contribution in [3.05, 3.63) is 23.9 Å². The summed E-state index contributed by atoms with van der Waals surface area (Å²) in [7, 11) is 0. The molecule has 0 aliphatic heterocycles. The highest BCUT2D eigenvalue weighted by atomic mass is 16.1. The summed E-state index contributed by atoms with van der Waals surface area (Å²) in [4.78, 5) is 16.8. The van der Waals surface area contributed by atoms with Crippen molar-refractivity contribution in [1.29, 1.82) is 0 Å².